The number of hydrogen-bond donors (Lipinski definition) is 1. The van der Waals surface area contributed by atoms with Crippen LogP contribution in [0.1, 0.15) is 27.7 Å². The molecule has 1 N–H and O–H groups in total. The first-order valence-corrected chi connectivity index (χ1v) is 6.39. The van der Waals surface area contributed by atoms with E-state index in [9.17, 15) is 20.0 Å². The van der Waals surface area contributed by atoms with Crippen LogP contribution in [0.2, 0.25) is 0 Å². The van der Waals surface area contributed by atoms with Gasteiger partial charge in [-0.1, -0.05) is 30.3 Å². The van der Waals surface area contributed by atoms with E-state index < -0.39 is 11.2 Å². The average Bonchev–Trinajstić information content (AvgIpc) is 2.73. The lowest BCUT2D eigenvalue weighted by atomic mass is 10.1. The summed E-state index contributed by atoms with van der Waals surface area (Å²) in [4.78, 5) is 23.7. The largest absolute Gasteiger partial charge is 0.369 e. The molecule has 2 aromatic rings. The number of carbonyl (C=O) groups is 1. The van der Waals surface area contributed by atoms with E-state index in [2.05, 4.69) is 0 Å². The van der Waals surface area contributed by atoms with E-state index in [1.807, 2.05) is 0 Å². The first kappa shape index (κ1) is 13.3. The number of nitrogens with zero attached hydrogens (tertiary/aromatic N) is 2. The van der Waals surface area contributed by atoms with E-state index >= 15 is 0 Å². The van der Waals surface area contributed by atoms with Gasteiger partial charge in [-0.15, -0.1) is 0 Å². The van der Waals surface area contributed by atoms with Gasteiger partial charge in [-0.25, -0.2) is 0 Å². The van der Waals surface area contributed by atoms with Crippen molar-refractivity contribution in [1.29, 1.82) is 0 Å². The first-order valence-electron chi connectivity index (χ1n) is 6.39. The van der Waals surface area contributed by atoms with Crippen molar-refractivity contribution < 1.29 is 14.8 Å². The van der Waals surface area contributed by atoms with Crippen molar-refractivity contribution in [3.8, 4) is 0 Å². The molecule has 1 amide bonds. The Morgan fingerprint density at radius 3 is 2.43 bits per heavy atom. The van der Waals surface area contributed by atoms with E-state index in [-0.39, 0.29) is 18.1 Å². The molecule has 0 fully saturated rings. The Bertz CT molecular complexity index is 712. The number of hydrogen-bond acceptors (Lipinski definition) is 4. The summed E-state index contributed by atoms with van der Waals surface area (Å²) in [5, 5.41) is 20.8. The Morgan fingerprint density at radius 1 is 1.14 bits per heavy atom. The summed E-state index contributed by atoms with van der Waals surface area (Å²) >= 11 is 0. The molecular formula is C15H12N2O4. The fraction of sp³-hybridized carbons (Fsp3) is 0.133. The third-order valence-corrected chi connectivity index (χ3v) is 3.53. The number of fused-ring (bicyclic) bond motifs is 1. The molecule has 106 valence electrons. The van der Waals surface area contributed by atoms with E-state index in [1.165, 1.54) is 17.0 Å². The van der Waals surface area contributed by atoms with Gasteiger partial charge in [-0.05, 0) is 11.6 Å². The van der Waals surface area contributed by atoms with Crippen LogP contribution in [-0.2, 0) is 6.54 Å². The molecule has 6 heteroatoms. The van der Waals surface area contributed by atoms with Crippen LogP contribution in [0.5, 0.6) is 0 Å². The van der Waals surface area contributed by atoms with Crippen molar-refractivity contribution in [2.75, 3.05) is 0 Å². The zero-order valence-electron chi connectivity index (χ0n) is 11.0. The van der Waals surface area contributed by atoms with Crippen molar-refractivity contribution in [1.82, 2.24) is 4.90 Å². The number of non-ortho nitro benzene ring substituents is 1. The second kappa shape index (κ2) is 4.99. The fourth-order valence-electron chi connectivity index (χ4n) is 2.43. The summed E-state index contributed by atoms with van der Waals surface area (Å²) < 4.78 is 0. The van der Waals surface area contributed by atoms with Crippen LogP contribution >= 0.6 is 0 Å². The smallest absolute Gasteiger partial charge is 0.269 e. The molecule has 0 aliphatic carbocycles. The molecule has 21 heavy (non-hydrogen) atoms. The minimum Gasteiger partial charge on any atom is -0.369 e. The second-order valence-corrected chi connectivity index (χ2v) is 4.82. The summed E-state index contributed by atoms with van der Waals surface area (Å²) in [6.45, 7) is 0.201. The van der Waals surface area contributed by atoms with Crippen LogP contribution in [0, 0.1) is 10.1 Å². The minimum absolute atomic E-state index is 0.00432. The number of benzene rings is 2. The van der Waals surface area contributed by atoms with Crippen LogP contribution in [0.25, 0.3) is 0 Å². The molecule has 0 bridgehead atoms. The lowest BCUT2D eigenvalue weighted by Crippen LogP contribution is -2.27. The number of aliphatic hydroxyl groups excluding tert-OH is 1. The Balaban J connectivity index is 1.83. The summed E-state index contributed by atoms with van der Waals surface area (Å²) in [7, 11) is 0. The Morgan fingerprint density at radius 2 is 1.81 bits per heavy atom. The van der Waals surface area contributed by atoms with Gasteiger partial charge < -0.3 is 10.0 Å². The summed E-state index contributed by atoms with van der Waals surface area (Å²) in [6, 6.07) is 12.8. The van der Waals surface area contributed by atoms with Crippen molar-refractivity contribution in [3.63, 3.8) is 0 Å². The number of rotatable bonds is 3. The van der Waals surface area contributed by atoms with Gasteiger partial charge in [-0.2, -0.15) is 0 Å². The lowest BCUT2D eigenvalue weighted by Gasteiger charge is -2.20. The highest BCUT2D eigenvalue weighted by atomic mass is 16.6. The van der Waals surface area contributed by atoms with Gasteiger partial charge in [0.1, 0.15) is 0 Å². The molecule has 2 aromatic carbocycles. The van der Waals surface area contributed by atoms with E-state index in [0.717, 1.165) is 5.56 Å². The van der Waals surface area contributed by atoms with Crippen LogP contribution < -0.4 is 0 Å². The highest BCUT2D eigenvalue weighted by Crippen LogP contribution is 2.32. The summed E-state index contributed by atoms with van der Waals surface area (Å²) in [6.07, 6.45) is -0.983. The maximum atomic E-state index is 12.2. The number of carbonyl (C=O) groups excluding carboxylic acids is 1. The summed E-state index contributed by atoms with van der Waals surface area (Å²) in [5.41, 5.74) is 1.80. The third-order valence-electron chi connectivity index (χ3n) is 3.53. The molecule has 0 radical (unpaired) electrons. The van der Waals surface area contributed by atoms with Crippen LogP contribution in [0.4, 0.5) is 5.69 Å². The molecular weight excluding hydrogens is 272 g/mol. The zero-order valence-corrected chi connectivity index (χ0v) is 11.0. The van der Waals surface area contributed by atoms with Gasteiger partial charge in [0.25, 0.3) is 11.6 Å². The predicted molar refractivity (Wildman–Crippen MR) is 74.4 cm³/mol. The highest BCUT2D eigenvalue weighted by molar-refractivity contribution is 5.98. The number of aliphatic hydroxyl groups is 1. The summed E-state index contributed by atoms with van der Waals surface area (Å²) in [5.74, 6) is -0.239. The van der Waals surface area contributed by atoms with Gasteiger partial charge >= 0.3 is 0 Å². The topological polar surface area (TPSA) is 83.7 Å². The van der Waals surface area contributed by atoms with E-state index in [0.29, 0.717) is 11.1 Å². The normalized spacial score (nSPS) is 16.9. The van der Waals surface area contributed by atoms with Crippen LogP contribution in [0.15, 0.2) is 48.5 Å². The first-order chi connectivity index (χ1) is 10.1. The average molecular weight is 284 g/mol. The predicted octanol–water partition coefficient (Wildman–Crippen LogP) is 2.24. The van der Waals surface area contributed by atoms with E-state index in [1.54, 1.807) is 36.4 Å². The van der Waals surface area contributed by atoms with Crippen molar-refractivity contribution in [3.05, 3.63) is 75.3 Å². The molecule has 1 unspecified atom stereocenters. The Hall–Kier alpha value is -2.73. The van der Waals surface area contributed by atoms with Gasteiger partial charge in [0.15, 0.2) is 6.23 Å². The van der Waals surface area contributed by atoms with Gasteiger partial charge in [0, 0.05) is 29.8 Å². The van der Waals surface area contributed by atoms with Crippen molar-refractivity contribution >= 4 is 11.6 Å². The molecule has 0 spiro atoms. The van der Waals surface area contributed by atoms with Crippen molar-refractivity contribution in [2.24, 2.45) is 0 Å². The van der Waals surface area contributed by atoms with Crippen LogP contribution in [0.3, 0.4) is 0 Å². The standard InChI is InChI=1S/C15H12N2O4/c18-14-12-3-1-2-4-13(12)15(19)16(14)9-10-5-7-11(8-6-10)17(20)21/h1-8,14,18H,9H2. The molecule has 1 aliphatic rings. The molecule has 3 rings (SSSR count). The number of nitro groups is 1. The molecule has 1 atom stereocenters. The zero-order chi connectivity index (χ0) is 15.0. The second-order valence-electron chi connectivity index (χ2n) is 4.82. The van der Waals surface area contributed by atoms with E-state index in [4.69, 9.17) is 0 Å². The maximum Gasteiger partial charge on any atom is 0.269 e. The maximum absolute atomic E-state index is 12.2. The molecule has 0 saturated carbocycles. The highest BCUT2D eigenvalue weighted by Gasteiger charge is 2.34. The number of amides is 1. The Labute approximate surface area is 120 Å². The quantitative estimate of drug-likeness (QED) is 0.692. The number of nitro benzene ring substituents is 1. The SMILES string of the molecule is O=C1c2ccccc2C(O)N1Cc1ccc([N+](=O)[O-])cc1. The Kier molecular flexibility index (Phi) is 3.15. The van der Waals surface area contributed by atoms with Crippen LogP contribution in [-0.4, -0.2) is 20.8 Å². The molecule has 0 aromatic heterocycles. The molecule has 0 saturated heterocycles. The monoisotopic (exact) mass is 284 g/mol. The minimum atomic E-state index is -0.983. The van der Waals surface area contributed by atoms with Gasteiger partial charge in [0.2, 0.25) is 0 Å². The van der Waals surface area contributed by atoms with Crippen molar-refractivity contribution in [2.45, 2.75) is 12.8 Å². The van der Waals surface area contributed by atoms with Gasteiger partial charge in [-0.3, -0.25) is 14.9 Å². The molecule has 6 nitrogen and oxygen atoms in total. The van der Waals surface area contributed by atoms with Gasteiger partial charge in [0.05, 0.1) is 4.92 Å². The fourth-order valence-corrected chi connectivity index (χ4v) is 2.43. The molecule has 1 heterocycles. The third kappa shape index (κ3) is 2.25. The lowest BCUT2D eigenvalue weighted by molar-refractivity contribution is -0.384. The molecule has 1 aliphatic heterocycles.